The maximum atomic E-state index is 3.12. The van der Waals surface area contributed by atoms with Crippen LogP contribution < -0.4 is 0 Å². The smallest absolute Gasteiger partial charge is 0.0248 e. The summed E-state index contributed by atoms with van der Waals surface area (Å²) < 4.78 is 0. The third-order valence-electron chi connectivity index (χ3n) is 1.69. The Morgan fingerprint density at radius 3 is 2.19 bits per heavy atom. The molecule has 0 saturated heterocycles. The van der Waals surface area contributed by atoms with E-state index < -0.39 is 0 Å². The Bertz CT molecular complexity index is 462. The van der Waals surface area contributed by atoms with Gasteiger partial charge >= 0.3 is 0 Å². The van der Waals surface area contributed by atoms with Crippen molar-refractivity contribution < 1.29 is 0 Å². The summed E-state index contributed by atoms with van der Waals surface area (Å²) in [6.07, 6.45) is 3.58. The first-order valence-electron chi connectivity index (χ1n) is 5.32. The van der Waals surface area contributed by atoms with Gasteiger partial charge in [0.25, 0.3) is 0 Å². The second kappa shape index (κ2) is 5.84. The van der Waals surface area contributed by atoms with Crippen molar-refractivity contribution in [1.82, 2.24) is 0 Å². The van der Waals surface area contributed by atoms with Gasteiger partial charge in [0.1, 0.15) is 0 Å². The molecule has 0 heterocycles. The van der Waals surface area contributed by atoms with E-state index in [1.807, 2.05) is 30.3 Å². The van der Waals surface area contributed by atoms with E-state index in [2.05, 4.69) is 44.5 Å². The third kappa shape index (κ3) is 5.74. The Labute approximate surface area is 98.4 Å². The molecule has 0 heteroatoms. The summed E-state index contributed by atoms with van der Waals surface area (Å²) in [6, 6.07) is 9.92. The number of hydrogen-bond donors (Lipinski definition) is 0. The average molecular weight is 208 g/mol. The van der Waals surface area contributed by atoms with Gasteiger partial charge in [-0.25, -0.2) is 0 Å². The molecule has 0 aromatic heterocycles. The van der Waals surface area contributed by atoms with Crippen molar-refractivity contribution in [3.05, 3.63) is 48.0 Å². The molecule has 0 amide bonds. The fourth-order valence-electron chi connectivity index (χ4n) is 0.988. The summed E-state index contributed by atoms with van der Waals surface area (Å²) in [5, 5.41) is 0. The van der Waals surface area contributed by atoms with Gasteiger partial charge in [0.15, 0.2) is 0 Å². The minimum atomic E-state index is 0.0528. The van der Waals surface area contributed by atoms with Gasteiger partial charge in [0.05, 0.1) is 0 Å². The number of rotatable bonds is 0. The predicted molar refractivity (Wildman–Crippen MR) is 69.7 cm³/mol. The molecule has 1 aromatic rings. The summed E-state index contributed by atoms with van der Waals surface area (Å²) in [5.74, 6) is 12.1. The number of allylic oxidation sites excluding steroid dienone is 2. The monoisotopic (exact) mass is 208 g/mol. The average Bonchev–Trinajstić information content (AvgIpc) is 2.23. The topological polar surface area (TPSA) is 0 Å². The predicted octanol–water partition coefficient (Wildman–Crippen LogP) is 3.64. The summed E-state index contributed by atoms with van der Waals surface area (Å²) in [5.41, 5.74) is 1.08. The largest absolute Gasteiger partial charge is 0.0926 e. The zero-order valence-electron chi connectivity index (χ0n) is 10.0. The SMILES string of the molecule is CC(C)(C)C#C/C=C/C#Cc1ccccc1. The van der Waals surface area contributed by atoms with Gasteiger partial charge in [0, 0.05) is 11.0 Å². The lowest BCUT2D eigenvalue weighted by atomic mass is 9.98. The zero-order chi connectivity index (χ0) is 11.9. The van der Waals surface area contributed by atoms with Crippen LogP contribution in [0.1, 0.15) is 26.3 Å². The molecule has 0 aliphatic carbocycles. The van der Waals surface area contributed by atoms with Crippen LogP contribution in [0.3, 0.4) is 0 Å². The van der Waals surface area contributed by atoms with Gasteiger partial charge in [-0.2, -0.15) is 0 Å². The molecule has 0 N–H and O–H groups in total. The van der Waals surface area contributed by atoms with Crippen LogP contribution >= 0.6 is 0 Å². The van der Waals surface area contributed by atoms with E-state index in [9.17, 15) is 0 Å². The Balaban J connectivity index is 2.55. The van der Waals surface area contributed by atoms with Crippen molar-refractivity contribution in [2.75, 3.05) is 0 Å². The molecule has 0 bridgehead atoms. The summed E-state index contributed by atoms with van der Waals surface area (Å²) in [7, 11) is 0. The molecule has 0 fully saturated rings. The lowest BCUT2D eigenvalue weighted by Gasteiger charge is -2.05. The van der Waals surface area contributed by atoms with Crippen LogP contribution in [-0.4, -0.2) is 0 Å². The van der Waals surface area contributed by atoms with Gasteiger partial charge in [0.2, 0.25) is 0 Å². The molecule has 0 spiro atoms. The maximum Gasteiger partial charge on any atom is 0.0248 e. The summed E-state index contributed by atoms with van der Waals surface area (Å²) in [4.78, 5) is 0. The Morgan fingerprint density at radius 1 is 0.938 bits per heavy atom. The molecule has 0 radical (unpaired) electrons. The lowest BCUT2D eigenvalue weighted by molar-refractivity contribution is 0.571. The second-order valence-electron chi connectivity index (χ2n) is 4.49. The minimum Gasteiger partial charge on any atom is -0.0926 e. The molecule has 16 heavy (non-hydrogen) atoms. The van der Waals surface area contributed by atoms with Crippen LogP contribution in [0.5, 0.6) is 0 Å². The molecule has 0 saturated carbocycles. The fourth-order valence-corrected chi connectivity index (χ4v) is 0.988. The van der Waals surface area contributed by atoms with Gasteiger partial charge in [-0.15, -0.1) is 0 Å². The first kappa shape index (κ1) is 12.2. The van der Waals surface area contributed by atoms with E-state index in [4.69, 9.17) is 0 Å². The quantitative estimate of drug-likeness (QED) is 0.571. The highest BCUT2D eigenvalue weighted by Gasteiger charge is 2.01. The van der Waals surface area contributed by atoms with E-state index in [-0.39, 0.29) is 5.41 Å². The van der Waals surface area contributed by atoms with Crippen LogP contribution in [0.25, 0.3) is 0 Å². The zero-order valence-corrected chi connectivity index (χ0v) is 10.0. The van der Waals surface area contributed by atoms with Crippen molar-refractivity contribution in [2.45, 2.75) is 20.8 Å². The second-order valence-corrected chi connectivity index (χ2v) is 4.49. The highest BCUT2D eigenvalue weighted by molar-refractivity contribution is 5.37. The molecule has 80 valence electrons. The van der Waals surface area contributed by atoms with Crippen molar-refractivity contribution in [3.8, 4) is 23.7 Å². The molecule has 1 rings (SSSR count). The third-order valence-corrected chi connectivity index (χ3v) is 1.69. The van der Waals surface area contributed by atoms with Crippen molar-refractivity contribution in [2.24, 2.45) is 5.41 Å². The summed E-state index contributed by atoms with van der Waals surface area (Å²) >= 11 is 0. The highest BCUT2D eigenvalue weighted by atomic mass is 14.0. The normalized spacial score (nSPS) is 10.2. The maximum absolute atomic E-state index is 3.12. The molecule has 0 aliphatic heterocycles. The van der Waals surface area contributed by atoms with Crippen molar-refractivity contribution in [1.29, 1.82) is 0 Å². The Morgan fingerprint density at radius 2 is 1.56 bits per heavy atom. The standard InChI is InChI=1S/C16H16/c1-16(2,3)14-10-5-4-7-11-15-12-8-6-9-13-15/h4-6,8-9,12-13H,1-3H3/b5-4+. The van der Waals surface area contributed by atoms with Crippen molar-refractivity contribution >= 4 is 0 Å². The number of benzene rings is 1. The van der Waals surface area contributed by atoms with Crippen LogP contribution in [-0.2, 0) is 0 Å². The molecule has 0 aliphatic rings. The molecule has 0 nitrogen and oxygen atoms in total. The van der Waals surface area contributed by atoms with Crippen LogP contribution in [0.4, 0.5) is 0 Å². The first-order chi connectivity index (χ1) is 7.58. The van der Waals surface area contributed by atoms with Crippen LogP contribution in [0.15, 0.2) is 42.5 Å². The van der Waals surface area contributed by atoms with Gasteiger partial charge in [-0.05, 0) is 45.1 Å². The van der Waals surface area contributed by atoms with E-state index in [0.29, 0.717) is 0 Å². The summed E-state index contributed by atoms with van der Waals surface area (Å²) in [6.45, 7) is 6.26. The first-order valence-corrected chi connectivity index (χ1v) is 5.32. The Kier molecular flexibility index (Phi) is 4.43. The molecular formula is C16H16. The number of hydrogen-bond acceptors (Lipinski definition) is 0. The fraction of sp³-hybridized carbons (Fsp3) is 0.250. The van der Waals surface area contributed by atoms with Crippen molar-refractivity contribution in [3.63, 3.8) is 0 Å². The van der Waals surface area contributed by atoms with Gasteiger partial charge < -0.3 is 0 Å². The molecule has 0 unspecified atom stereocenters. The molecule has 0 atom stereocenters. The van der Waals surface area contributed by atoms with Crippen LogP contribution in [0, 0.1) is 29.1 Å². The van der Waals surface area contributed by atoms with E-state index in [1.54, 1.807) is 12.2 Å². The lowest BCUT2D eigenvalue weighted by Crippen LogP contribution is -1.98. The highest BCUT2D eigenvalue weighted by Crippen LogP contribution is 2.09. The van der Waals surface area contributed by atoms with Gasteiger partial charge in [-0.3, -0.25) is 0 Å². The van der Waals surface area contributed by atoms with E-state index >= 15 is 0 Å². The molecule has 1 aromatic carbocycles. The minimum absolute atomic E-state index is 0.0528. The molecular weight excluding hydrogens is 192 g/mol. The Hall–Kier alpha value is -1.92. The van der Waals surface area contributed by atoms with E-state index in [1.165, 1.54) is 0 Å². The van der Waals surface area contributed by atoms with Gasteiger partial charge in [-0.1, -0.05) is 41.9 Å². The van der Waals surface area contributed by atoms with E-state index in [0.717, 1.165) is 5.56 Å². The van der Waals surface area contributed by atoms with Crippen LogP contribution in [0.2, 0.25) is 0 Å².